The van der Waals surface area contributed by atoms with Crippen molar-refractivity contribution in [1.29, 1.82) is 0 Å². The molecule has 0 spiro atoms. The molecule has 0 aliphatic heterocycles. The predicted molar refractivity (Wildman–Crippen MR) is 71.8 cm³/mol. The first kappa shape index (κ1) is 12.6. The van der Waals surface area contributed by atoms with Crippen molar-refractivity contribution in [2.45, 2.75) is 6.42 Å². The quantitative estimate of drug-likeness (QED) is 0.794. The summed E-state index contributed by atoms with van der Waals surface area (Å²) in [6.45, 7) is 0. The fourth-order valence-corrected chi connectivity index (χ4v) is 2.12. The number of rotatable bonds is 3. The molecule has 1 aromatic heterocycles. The summed E-state index contributed by atoms with van der Waals surface area (Å²) in [7, 11) is 1.58. The van der Waals surface area contributed by atoms with Gasteiger partial charge in [-0.15, -0.1) is 0 Å². The van der Waals surface area contributed by atoms with E-state index in [1.165, 1.54) is 6.07 Å². The molecule has 20 heavy (non-hydrogen) atoms. The summed E-state index contributed by atoms with van der Waals surface area (Å²) in [5.74, 6) is -0.381. The van der Waals surface area contributed by atoms with Crippen LogP contribution in [0.15, 0.2) is 36.4 Å². The molecule has 3 aromatic rings. The van der Waals surface area contributed by atoms with Crippen LogP contribution in [-0.4, -0.2) is 17.1 Å². The number of nitrogens with one attached hydrogen (secondary N) is 1. The van der Waals surface area contributed by atoms with Crippen molar-refractivity contribution in [3.63, 3.8) is 0 Å². The number of benzene rings is 2. The van der Waals surface area contributed by atoms with Crippen LogP contribution in [0, 0.1) is 11.6 Å². The fourth-order valence-electron chi connectivity index (χ4n) is 2.12. The molecule has 1 heterocycles. The van der Waals surface area contributed by atoms with Crippen LogP contribution in [0.25, 0.3) is 11.0 Å². The standard InChI is InChI=1S/C15H12F2N2O/c1-20-10-5-6-12-13(8-10)19-14(18-12)7-9-3-2-4-11(16)15(9)17/h2-6,8H,7H2,1H3,(H,18,19). The minimum absolute atomic E-state index is 0.209. The minimum atomic E-state index is -0.847. The van der Waals surface area contributed by atoms with Gasteiger partial charge in [0.1, 0.15) is 11.6 Å². The Balaban J connectivity index is 1.96. The van der Waals surface area contributed by atoms with Crippen LogP contribution in [0.4, 0.5) is 8.78 Å². The topological polar surface area (TPSA) is 37.9 Å². The first-order valence-corrected chi connectivity index (χ1v) is 6.13. The summed E-state index contributed by atoms with van der Waals surface area (Å²) in [5, 5.41) is 0. The highest BCUT2D eigenvalue weighted by Gasteiger charge is 2.11. The highest BCUT2D eigenvalue weighted by molar-refractivity contribution is 5.76. The van der Waals surface area contributed by atoms with Crippen LogP contribution in [0.1, 0.15) is 11.4 Å². The van der Waals surface area contributed by atoms with Crippen LogP contribution in [-0.2, 0) is 6.42 Å². The molecular formula is C15H12F2N2O. The summed E-state index contributed by atoms with van der Waals surface area (Å²) in [6, 6.07) is 9.56. The minimum Gasteiger partial charge on any atom is -0.497 e. The molecule has 0 atom stereocenters. The summed E-state index contributed by atoms with van der Waals surface area (Å²) in [5.41, 5.74) is 1.84. The zero-order valence-electron chi connectivity index (χ0n) is 10.8. The van der Waals surface area contributed by atoms with Gasteiger partial charge < -0.3 is 9.72 Å². The Bertz CT molecular complexity index is 768. The van der Waals surface area contributed by atoms with E-state index in [-0.39, 0.29) is 12.0 Å². The molecule has 0 bridgehead atoms. The van der Waals surface area contributed by atoms with E-state index in [4.69, 9.17) is 4.74 Å². The van der Waals surface area contributed by atoms with E-state index < -0.39 is 11.6 Å². The fraction of sp³-hybridized carbons (Fsp3) is 0.133. The van der Waals surface area contributed by atoms with Crippen LogP contribution in [0.5, 0.6) is 5.75 Å². The van der Waals surface area contributed by atoms with Crippen LogP contribution in [0.2, 0.25) is 0 Å². The number of fused-ring (bicyclic) bond motifs is 1. The van der Waals surface area contributed by atoms with E-state index in [0.29, 0.717) is 11.6 Å². The number of H-pyrrole nitrogens is 1. The molecule has 3 nitrogen and oxygen atoms in total. The summed E-state index contributed by atoms with van der Waals surface area (Å²) < 4.78 is 31.9. The number of hydrogen-bond donors (Lipinski definition) is 1. The lowest BCUT2D eigenvalue weighted by Crippen LogP contribution is -1.97. The van der Waals surface area contributed by atoms with Crippen molar-refractivity contribution in [1.82, 2.24) is 9.97 Å². The van der Waals surface area contributed by atoms with Crippen LogP contribution in [0.3, 0.4) is 0 Å². The Morgan fingerprint density at radius 3 is 2.85 bits per heavy atom. The van der Waals surface area contributed by atoms with E-state index in [1.807, 2.05) is 12.1 Å². The van der Waals surface area contributed by atoms with Gasteiger partial charge in [-0.1, -0.05) is 12.1 Å². The molecule has 0 aliphatic rings. The van der Waals surface area contributed by atoms with Gasteiger partial charge in [-0.3, -0.25) is 0 Å². The number of halogens is 2. The molecule has 3 rings (SSSR count). The Morgan fingerprint density at radius 2 is 2.05 bits per heavy atom. The lowest BCUT2D eigenvalue weighted by Gasteiger charge is -2.01. The van der Waals surface area contributed by atoms with Crippen LogP contribution >= 0.6 is 0 Å². The Hall–Kier alpha value is -2.43. The molecule has 2 aromatic carbocycles. The van der Waals surface area contributed by atoms with Crippen molar-refractivity contribution in [3.05, 3.63) is 59.4 Å². The zero-order chi connectivity index (χ0) is 14.1. The largest absolute Gasteiger partial charge is 0.497 e. The SMILES string of the molecule is COc1ccc2nc(Cc3cccc(F)c3F)[nH]c2c1. The average molecular weight is 274 g/mol. The second-order valence-electron chi connectivity index (χ2n) is 4.46. The highest BCUT2D eigenvalue weighted by Crippen LogP contribution is 2.21. The van der Waals surface area contributed by atoms with E-state index in [2.05, 4.69) is 9.97 Å². The Kier molecular flexibility index (Phi) is 3.10. The van der Waals surface area contributed by atoms with E-state index in [9.17, 15) is 8.78 Å². The van der Waals surface area contributed by atoms with Crippen molar-refractivity contribution in [3.8, 4) is 5.75 Å². The van der Waals surface area contributed by atoms with Crippen molar-refractivity contribution >= 4 is 11.0 Å². The number of methoxy groups -OCH3 is 1. The maximum atomic E-state index is 13.6. The molecule has 102 valence electrons. The van der Waals surface area contributed by atoms with Gasteiger partial charge in [-0.05, 0) is 23.8 Å². The number of aromatic amines is 1. The number of imidazole rings is 1. The second kappa shape index (κ2) is 4.92. The molecular weight excluding hydrogens is 262 g/mol. The lowest BCUT2D eigenvalue weighted by atomic mass is 10.1. The number of hydrogen-bond acceptors (Lipinski definition) is 2. The molecule has 0 unspecified atom stereocenters. The lowest BCUT2D eigenvalue weighted by molar-refractivity contribution is 0.415. The first-order chi connectivity index (χ1) is 9.67. The normalized spacial score (nSPS) is 10.9. The zero-order valence-corrected chi connectivity index (χ0v) is 10.8. The van der Waals surface area contributed by atoms with Gasteiger partial charge in [-0.25, -0.2) is 13.8 Å². The van der Waals surface area contributed by atoms with Gasteiger partial charge >= 0.3 is 0 Å². The monoisotopic (exact) mass is 274 g/mol. The molecule has 0 radical (unpaired) electrons. The van der Waals surface area contributed by atoms with Crippen molar-refractivity contribution in [2.75, 3.05) is 7.11 Å². The predicted octanol–water partition coefficient (Wildman–Crippen LogP) is 3.44. The van der Waals surface area contributed by atoms with Crippen molar-refractivity contribution < 1.29 is 13.5 Å². The third-order valence-corrected chi connectivity index (χ3v) is 3.13. The smallest absolute Gasteiger partial charge is 0.162 e. The molecule has 0 saturated heterocycles. The first-order valence-electron chi connectivity index (χ1n) is 6.13. The van der Waals surface area contributed by atoms with Crippen molar-refractivity contribution in [2.24, 2.45) is 0 Å². The van der Waals surface area contributed by atoms with Gasteiger partial charge in [0.25, 0.3) is 0 Å². The third kappa shape index (κ3) is 2.22. The van der Waals surface area contributed by atoms with Gasteiger partial charge in [0.05, 0.1) is 18.1 Å². The maximum absolute atomic E-state index is 13.6. The number of ether oxygens (including phenoxy) is 1. The third-order valence-electron chi connectivity index (χ3n) is 3.13. The molecule has 0 amide bonds. The van der Waals surface area contributed by atoms with Crippen LogP contribution < -0.4 is 4.74 Å². The van der Waals surface area contributed by atoms with Gasteiger partial charge in [0.15, 0.2) is 11.6 Å². The van der Waals surface area contributed by atoms with Gasteiger partial charge in [0.2, 0.25) is 0 Å². The molecule has 0 aliphatic carbocycles. The Morgan fingerprint density at radius 1 is 1.20 bits per heavy atom. The Labute approximate surface area is 114 Å². The number of nitrogens with zero attached hydrogens (tertiary/aromatic N) is 1. The summed E-state index contributed by atoms with van der Waals surface area (Å²) in [4.78, 5) is 7.44. The van der Waals surface area contributed by atoms with E-state index in [1.54, 1.807) is 19.2 Å². The number of aromatic nitrogens is 2. The molecule has 1 N–H and O–H groups in total. The maximum Gasteiger partial charge on any atom is 0.162 e. The highest BCUT2D eigenvalue weighted by atomic mass is 19.2. The molecule has 5 heteroatoms. The summed E-state index contributed by atoms with van der Waals surface area (Å²) in [6.07, 6.45) is 0.209. The average Bonchev–Trinajstić information content (AvgIpc) is 2.85. The van der Waals surface area contributed by atoms with E-state index in [0.717, 1.165) is 17.1 Å². The second-order valence-corrected chi connectivity index (χ2v) is 4.46. The van der Waals surface area contributed by atoms with Gasteiger partial charge in [0, 0.05) is 12.5 Å². The van der Waals surface area contributed by atoms with E-state index >= 15 is 0 Å². The molecule has 0 saturated carbocycles. The van der Waals surface area contributed by atoms with Gasteiger partial charge in [-0.2, -0.15) is 0 Å². The summed E-state index contributed by atoms with van der Waals surface area (Å²) >= 11 is 0. The molecule has 0 fully saturated rings.